The van der Waals surface area contributed by atoms with Crippen molar-refractivity contribution in [2.24, 2.45) is 0 Å². The summed E-state index contributed by atoms with van der Waals surface area (Å²) in [7, 11) is 1.61. The number of rotatable bonds is 6. The second-order valence-corrected chi connectivity index (χ2v) is 8.53. The van der Waals surface area contributed by atoms with Gasteiger partial charge >= 0.3 is 0 Å². The van der Waals surface area contributed by atoms with E-state index in [9.17, 15) is 0 Å². The zero-order valence-corrected chi connectivity index (χ0v) is 19.5. The van der Waals surface area contributed by atoms with E-state index in [1.165, 1.54) is 0 Å². The summed E-state index contributed by atoms with van der Waals surface area (Å²) in [5.41, 5.74) is 4.03. The molecule has 0 radical (unpaired) electrons. The van der Waals surface area contributed by atoms with Crippen LogP contribution < -0.4 is 15.0 Å². The maximum absolute atomic E-state index is 6.48. The maximum Gasteiger partial charge on any atom is 0.174 e. The van der Waals surface area contributed by atoms with E-state index in [-0.39, 0.29) is 12.1 Å². The molecular formula is C25H22ClN5OS. The summed E-state index contributed by atoms with van der Waals surface area (Å²) in [6.07, 6.45) is 7.56. The van der Waals surface area contributed by atoms with Crippen LogP contribution in [0.4, 0.5) is 5.69 Å². The highest BCUT2D eigenvalue weighted by molar-refractivity contribution is 7.80. The first-order chi connectivity index (χ1) is 16.2. The second kappa shape index (κ2) is 9.21. The summed E-state index contributed by atoms with van der Waals surface area (Å²) in [6, 6.07) is 19.6. The number of pyridine rings is 2. The molecule has 0 amide bonds. The lowest BCUT2D eigenvalue weighted by Crippen LogP contribution is -2.30. The van der Waals surface area contributed by atoms with Gasteiger partial charge in [-0.25, -0.2) is 0 Å². The highest BCUT2D eigenvalue weighted by atomic mass is 35.5. The molecule has 0 spiro atoms. The molecule has 1 aliphatic heterocycles. The molecule has 6 nitrogen and oxygen atoms in total. The average molecular weight is 476 g/mol. The number of hydrogen-bond donors (Lipinski definition) is 1. The number of methoxy groups -OCH3 is 1. The van der Waals surface area contributed by atoms with Crippen molar-refractivity contribution in [1.29, 1.82) is 0 Å². The van der Waals surface area contributed by atoms with Crippen LogP contribution in [0, 0.1) is 0 Å². The first-order valence-electron chi connectivity index (χ1n) is 10.5. The molecule has 166 valence electrons. The lowest BCUT2D eigenvalue weighted by molar-refractivity contribution is 0.415. The van der Waals surface area contributed by atoms with E-state index in [0.717, 1.165) is 22.6 Å². The Hall–Kier alpha value is -3.42. The number of anilines is 1. The minimum atomic E-state index is -0.137. The summed E-state index contributed by atoms with van der Waals surface area (Å²) < 4.78 is 7.57. The molecule has 0 unspecified atom stereocenters. The predicted octanol–water partition coefficient (Wildman–Crippen LogP) is 5.17. The van der Waals surface area contributed by atoms with Gasteiger partial charge in [0.05, 0.1) is 23.9 Å². The molecule has 0 saturated carbocycles. The number of aromatic nitrogens is 3. The largest absolute Gasteiger partial charge is 0.495 e. The Balaban J connectivity index is 1.60. The molecular weight excluding hydrogens is 454 g/mol. The van der Waals surface area contributed by atoms with E-state index < -0.39 is 0 Å². The van der Waals surface area contributed by atoms with Crippen molar-refractivity contribution in [2.75, 3.05) is 12.0 Å². The van der Waals surface area contributed by atoms with Gasteiger partial charge in [0.15, 0.2) is 5.11 Å². The number of hydrogen-bond acceptors (Lipinski definition) is 4. The lowest BCUT2D eigenvalue weighted by atomic mass is 10.0. The minimum Gasteiger partial charge on any atom is -0.495 e. The smallest absolute Gasteiger partial charge is 0.174 e. The molecule has 1 aliphatic rings. The van der Waals surface area contributed by atoms with E-state index in [1.807, 2.05) is 48.7 Å². The Bertz CT molecular complexity index is 1260. The molecule has 3 aromatic heterocycles. The van der Waals surface area contributed by atoms with Crippen molar-refractivity contribution < 1.29 is 4.74 Å². The van der Waals surface area contributed by atoms with E-state index in [0.29, 0.717) is 22.4 Å². The normalized spacial score (nSPS) is 17.8. The first-order valence-corrected chi connectivity index (χ1v) is 11.3. The molecule has 1 N–H and O–H groups in total. The third-order valence-corrected chi connectivity index (χ3v) is 6.36. The summed E-state index contributed by atoms with van der Waals surface area (Å²) in [6.45, 7) is 0.700. The van der Waals surface area contributed by atoms with Gasteiger partial charge in [-0.3, -0.25) is 9.97 Å². The second-order valence-electron chi connectivity index (χ2n) is 7.74. The van der Waals surface area contributed by atoms with Crippen molar-refractivity contribution >= 4 is 34.6 Å². The van der Waals surface area contributed by atoms with Gasteiger partial charge < -0.3 is 19.5 Å². The number of benzene rings is 1. The van der Waals surface area contributed by atoms with Crippen LogP contribution in [0.25, 0.3) is 0 Å². The van der Waals surface area contributed by atoms with Gasteiger partial charge in [0, 0.05) is 42.7 Å². The first kappa shape index (κ1) is 21.4. The van der Waals surface area contributed by atoms with E-state index in [1.54, 1.807) is 19.5 Å². The number of halogens is 1. The molecule has 0 bridgehead atoms. The molecule has 5 rings (SSSR count). The molecule has 8 heteroatoms. The fourth-order valence-electron chi connectivity index (χ4n) is 4.27. The molecule has 1 aromatic carbocycles. The van der Waals surface area contributed by atoms with Gasteiger partial charge in [-0.1, -0.05) is 23.7 Å². The van der Waals surface area contributed by atoms with Crippen LogP contribution in [0.2, 0.25) is 5.02 Å². The standard InChI is InChI=1S/C25H22ClN5OS/c1-32-22-10-9-18(14-19(22)26)31-24(23(29-25(31)33)20-7-2-3-12-28-20)21-8-5-13-30(21)16-17-6-4-11-27-15-17/h2-15,23-24H,16H2,1H3,(H,29,33)/t23-,24+/m1/s1. The predicted molar refractivity (Wildman–Crippen MR) is 134 cm³/mol. The molecule has 4 heterocycles. The Labute approximate surface area is 202 Å². The van der Waals surface area contributed by atoms with Gasteiger partial charge in [0.1, 0.15) is 11.8 Å². The monoisotopic (exact) mass is 475 g/mol. The van der Waals surface area contributed by atoms with E-state index in [4.69, 9.17) is 28.6 Å². The molecule has 1 saturated heterocycles. The van der Waals surface area contributed by atoms with Gasteiger partial charge in [-0.05, 0) is 66.3 Å². The van der Waals surface area contributed by atoms with Crippen LogP contribution in [-0.4, -0.2) is 26.8 Å². The third kappa shape index (κ3) is 4.17. The summed E-state index contributed by atoms with van der Waals surface area (Å²) in [5.74, 6) is 0.622. The topological polar surface area (TPSA) is 55.2 Å². The number of thiocarbonyl (C=S) groups is 1. The van der Waals surface area contributed by atoms with Gasteiger partial charge in [0.25, 0.3) is 0 Å². The van der Waals surface area contributed by atoms with E-state index >= 15 is 0 Å². The zero-order valence-electron chi connectivity index (χ0n) is 17.9. The lowest BCUT2D eigenvalue weighted by Gasteiger charge is -2.29. The fourth-order valence-corrected chi connectivity index (χ4v) is 4.86. The quantitative estimate of drug-likeness (QED) is 0.388. The highest BCUT2D eigenvalue weighted by Crippen LogP contribution is 2.43. The van der Waals surface area contributed by atoms with Gasteiger partial charge in [-0.15, -0.1) is 0 Å². The van der Waals surface area contributed by atoms with Crippen LogP contribution in [0.1, 0.15) is 29.0 Å². The van der Waals surface area contributed by atoms with Crippen LogP contribution in [0.5, 0.6) is 5.75 Å². The van der Waals surface area contributed by atoms with Crippen LogP contribution in [0.15, 0.2) is 85.5 Å². The van der Waals surface area contributed by atoms with Gasteiger partial charge in [-0.2, -0.15) is 0 Å². The van der Waals surface area contributed by atoms with Crippen molar-refractivity contribution in [1.82, 2.24) is 19.9 Å². The number of ether oxygens (including phenoxy) is 1. The molecule has 2 atom stereocenters. The molecule has 0 aliphatic carbocycles. The third-order valence-electron chi connectivity index (χ3n) is 5.76. The Morgan fingerprint density at radius 1 is 1.09 bits per heavy atom. The molecule has 33 heavy (non-hydrogen) atoms. The van der Waals surface area contributed by atoms with E-state index in [2.05, 4.69) is 49.1 Å². The SMILES string of the molecule is COc1ccc(N2C(=S)N[C@H](c3ccccn3)[C@@H]2c2cccn2Cc2cccnc2)cc1Cl. The number of nitrogens with zero attached hydrogens (tertiary/aromatic N) is 4. The van der Waals surface area contributed by atoms with Crippen molar-refractivity contribution in [3.05, 3.63) is 107 Å². The molecule has 4 aromatic rings. The van der Waals surface area contributed by atoms with Crippen LogP contribution in [0.3, 0.4) is 0 Å². The van der Waals surface area contributed by atoms with Gasteiger partial charge in [0.2, 0.25) is 0 Å². The van der Waals surface area contributed by atoms with Crippen LogP contribution in [-0.2, 0) is 6.54 Å². The van der Waals surface area contributed by atoms with Crippen molar-refractivity contribution in [3.63, 3.8) is 0 Å². The van der Waals surface area contributed by atoms with Crippen molar-refractivity contribution in [3.8, 4) is 5.75 Å². The number of nitrogens with one attached hydrogen (secondary N) is 1. The fraction of sp³-hybridized carbons (Fsp3) is 0.160. The van der Waals surface area contributed by atoms with Crippen molar-refractivity contribution in [2.45, 2.75) is 18.6 Å². The van der Waals surface area contributed by atoms with Crippen LogP contribution >= 0.6 is 23.8 Å². The Morgan fingerprint density at radius 3 is 2.73 bits per heavy atom. The zero-order chi connectivity index (χ0) is 22.8. The Kier molecular flexibility index (Phi) is 5.98. The molecule has 1 fully saturated rings. The highest BCUT2D eigenvalue weighted by Gasteiger charge is 2.42. The Morgan fingerprint density at radius 2 is 2.00 bits per heavy atom. The minimum absolute atomic E-state index is 0.136. The average Bonchev–Trinajstić information content (AvgIpc) is 3.43. The maximum atomic E-state index is 6.48. The summed E-state index contributed by atoms with van der Waals surface area (Å²) in [4.78, 5) is 11.0. The summed E-state index contributed by atoms with van der Waals surface area (Å²) in [5, 5.41) is 4.64. The summed E-state index contributed by atoms with van der Waals surface area (Å²) >= 11 is 12.3.